The van der Waals surface area contributed by atoms with Crippen LogP contribution < -0.4 is 9.80 Å². The third kappa shape index (κ3) is 4.29. The minimum Gasteiger partial charge on any atom is -0.360 e. The van der Waals surface area contributed by atoms with Gasteiger partial charge in [0.25, 0.3) is 5.91 Å². The maximum atomic E-state index is 12.8. The topological polar surface area (TPSA) is 28.0 Å². The molecular weight excluding hydrogens is 386 g/mol. The molecule has 2 aromatic rings. The molecule has 2 aliphatic heterocycles. The number of carbonyl (C=O) groups excluding carboxylic acids is 1. The Morgan fingerprint density at radius 2 is 1.86 bits per heavy atom. The molecule has 6 heteroatoms. The highest BCUT2D eigenvalue weighted by atomic mass is 32.2. The molecule has 28 heavy (non-hydrogen) atoms. The van der Waals surface area contributed by atoms with Crippen molar-refractivity contribution in [3.8, 4) is 0 Å². The molecule has 2 heterocycles. The van der Waals surface area contributed by atoms with Gasteiger partial charge in [0, 0.05) is 5.69 Å². The van der Waals surface area contributed by atoms with E-state index in [1.165, 1.54) is 27.9 Å². The summed E-state index contributed by atoms with van der Waals surface area (Å²) in [5.74, 6) is 0.0347. The molecule has 2 saturated heterocycles. The van der Waals surface area contributed by atoms with Crippen LogP contribution in [0.5, 0.6) is 0 Å². The molecular formula is C22H24N3OS2+. The average molecular weight is 411 g/mol. The first-order valence-electron chi connectivity index (χ1n) is 9.56. The quantitative estimate of drug-likeness (QED) is 0.619. The van der Waals surface area contributed by atoms with Gasteiger partial charge in [-0.25, -0.2) is 4.90 Å². The number of thioether (sulfide) groups is 1. The number of anilines is 1. The van der Waals surface area contributed by atoms with E-state index in [0.717, 1.165) is 31.7 Å². The normalized spacial score (nSPS) is 19.7. The number of thiocarbonyl (C=S) groups is 1. The van der Waals surface area contributed by atoms with E-state index in [-0.39, 0.29) is 5.91 Å². The number of benzene rings is 2. The number of amides is 1. The Morgan fingerprint density at radius 3 is 2.57 bits per heavy atom. The van der Waals surface area contributed by atoms with Gasteiger partial charge in [0.15, 0.2) is 11.0 Å². The van der Waals surface area contributed by atoms with Gasteiger partial charge in [0.2, 0.25) is 0 Å². The minimum absolute atomic E-state index is 0.0347. The molecule has 1 amide bonds. The van der Waals surface area contributed by atoms with Crippen molar-refractivity contribution >= 4 is 46.0 Å². The second-order valence-electron chi connectivity index (χ2n) is 7.25. The second-order valence-corrected chi connectivity index (χ2v) is 8.93. The van der Waals surface area contributed by atoms with Gasteiger partial charge in [0.05, 0.1) is 31.1 Å². The molecule has 0 radical (unpaired) electrons. The van der Waals surface area contributed by atoms with Crippen LogP contribution in [-0.4, -0.2) is 48.0 Å². The maximum Gasteiger partial charge on any atom is 0.270 e. The number of carbonyl (C=O) groups is 1. The fraction of sp³-hybridized carbons (Fsp3) is 0.273. The number of nitrogens with one attached hydrogen (secondary N) is 1. The van der Waals surface area contributed by atoms with Gasteiger partial charge >= 0.3 is 0 Å². The van der Waals surface area contributed by atoms with Crippen molar-refractivity contribution < 1.29 is 9.69 Å². The number of aryl methyl sites for hydroxylation is 1. The lowest BCUT2D eigenvalue weighted by Gasteiger charge is -2.35. The lowest BCUT2D eigenvalue weighted by Crippen LogP contribution is -3.16. The first kappa shape index (κ1) is 19.2. The van der Waals surface area contributed by atoms with E-state index in [9.17, 15) is 4.79 Å². The minimum atomic E-state index is 0.0347. The highest BCUT2D eigenvalue weighted by Gasteiger charge is 2.35. The van der Waals surface area contributed by atoms with E-state index in [1.807, 2.05) is 36.4 Å². The summed E-state index contributed by atoms with van der Waals surface area (Å²) in [6.07, 6.45) is 1.93. The Bertz CT molecular complexity index is 905. The first-order valence-corrected chi connectivity index (χ1v) is 10.8. The lowest BCUT2D eigenvalue weighted by atomic mass is 10.2. The molecule has 4 rings (SSSR count). The largest absolute Gasteiger partial charge is 0.360 e. The Balaban J connectivity index is 1.37. The molecule has 0 bridgehead atoms. The summed E-state index contributed by atoms with van der Waals surface area (Å²) < 4.78 is 0.667. The highest BCUT2D eigenvalue weighted by molar-refractivity contribution is 8.26. The van der Waals surface area contributed by atoms with E-state index in [2.05, 4.69) is 36.1 Å². The number of rotatable bonds is 4. The number of hydrogen-bond donors (Lipinski definition) is 1. The van der Waals surface area contributed by atoms with Crippen molar-refractivity contribution in [1.82, 2.24) is 4.90 Å². The molecule has 2 aromatic carbocycles. The molecule has 0 unspecified atom stereocenters. The summed E-state index contributed by atoms with van der Waals surface area (Å²) in [7, 11) is 0. The Hall–Kier alpha value is -2.15. The van der Waals surface area contributed by atoms with Crippen LogP contribution in [-0.2, 0) is 4.79 Å². The van der Waals surface area contributed by atoms with Gasteiger partial charge in [-0.15, -0.1) is 0 Å². The van der Waals surface area contributed by atoms with Crippen LogP contribution in [0.15, 0.2) is 59.5 Å². The molecule has 2 fully saturated rings. The van der Waals surface area contributed by atoms with Crippen LogP contribution in [0.3, 0.4) is 0 Å². The molecule has 0 saturated carbocycles. The Labute approximate surface area is 175 Å². The molecule has 0 aromatic heterocycles. The van der Waals surface area contributed by atoms with Gasteiger partial charge in [-0.3, -0.25) is 4.79 Å². The van der Waals surface area contributed by atoms with Gasteiger partial charge in [-0.05, 0) is 36.3 Å². The zero-order valence-corrected chi connectivity index (χ0v) is 17.6. The van der Waals surface area contributed by atoms with Crippen molar-refractivity contribution in [3.05, 3.63) is 70.6 Å². The Kier molecular flexibility index (Phi) is 5.80. The summed E-state index contributed by atoms with van der Waals surface area (Å²) in [5.41, 5.74) is 3.60. The van der Waals surface area contributed by atoms with E-state index in [0.29, 0.717) is 15.9 Å². The first-order chi connectivity index (χ1) is 13.6. The van der Waals surface area contributed by atoms with Crippen molar-refractivity contribution in [3.63, 3.8) is 0 Å². The van der Waals surface area contributed by atoms with Crippen LogP contribution in [0.2, 0.25) is 0 Å². The van der Waals surface area contributed by atoms with E-state index in [4.69, 9.17) is 12.2 Å². The predicted molar refractivity (Wildman–Crippen MR) is 120 cm³/mol. The fourth-order valence-electron chi connectivity index (χ4n) is 3.62. The zero-order chi connectivity index (χ0) is 19.5. The fourth-order valence-corrected chi connectivity index (χ4v) is 4.88. The van der Waals surface area contributed by atoms with Gasteiger partial charge in [0.1, 0.15) is 0 Å². The third-order valence-corrected chi connectivity index (χ3v) is 6.57. The predicted octanol–water partition coefficient (Wildman–Crippen LogP) is 2.56. The highest BCUT2D eigenvalue weighted by Crippen LogP contribution is 2.31. The van der Waals surface area contributed by atoms with Crippen LogP contribution in [0.1, 0.15) is 11.1 Å². The molecule has 1 N–H and O–H groups in total. The Morgan fingerprint density at radius 1 is 1.11 bits per heavy atom. The van der Waals surface area contributed by atoms with Crippen molar-refractivity contribution in [2.45, 2.75) is 6.92 Å². The van der Waals surface area contributed by atoms with E-state index >= 15 is 0 Å². The van der Waals surface area contributed by atoms with E-state index < -0.39 is 0 Å². The molecule has 0 spiro atoms. The standard InChI is InChI=1S/C22H23N3OS2/c1-17-6-5-9-19(14-17)24-12-10-23(11-13-24)16-25-21(26)20(28-22(25)27)15-18-7-3-2-4-8-18/h2-9,14-15H,10-13,16H2,1H3/p+1/b20-15-. The van der Waals surface area contributed by atoms with Gasteiger partial charge in [-0.1, -0.05) is 66.4 Å². The zero-order valence-electron chi connectivity index (χ0n) is 15.9. The van der Waals surface area contributed by atoms with Crippen LogP contribution in [0, 0.1) is 6.92 Å². The van der Waals surface area contributed by atoms with Crippen LogP contribution >= 0.6 is 24.0 Å². The van der Waals surface area contributed by atoms with Crippen molar-refractivity contribution in [2.24, 2.45) is 0 Å². The van der Waals surface area contributed by atoms with Crippen LogP contribution in [0.25, 0.3) is 6.08 Å². The number of hydrogen-bond acceptors (Lipinski definition) is 4. The van der Waals surface area contributed by atoms with Gasteiger partial charge in [-0.2, -0.15) is 0 Å². The number of nitrogens with zero attached hydrogens (tertiary/aromatic N) is 2. The van der Waals surface area contributed by atoms with Crippen molar-refractivity contribution in [2.75, 3.05) is 37.7 Å². The second kappa shape index (κ2) is 8.47. The van der Waals surface area contributed by atoms with E-state index in [1.54, 1.807) is 4.90 Å². The third-order valence-electron chi connectivity index (χ3n) is 5.19. The molecule has 144 valence electrons. The van der Waals surface area contributed by atoms with Crippen molar-refractivity contribution in [1.29, 1.82) is 0 Å². The summed E-state index contributed by atoms with van der Waals surface area (Å²) in [6, 6.07) is 18.6. The summed E-state index contributed by atoms with van der Waals surface area (Å²) in [5, 5.41) is 0. The SMILES string of the molecule is Cc1cccc(N2CC[NH+](CN3C(=O)/C(=C/c4ccccc4)SC3=S)CC2)c1. The van der Waals surface area contributed by atoms with Gasteiger partial charge < -0.3 is 9.80 Å². The number of piperazine rings is 1. The maximum absolute atomic E-state index is 12.8. The monoisotopic (exact) mass is 410 g/mol. The molecule has 0 atom stereocenters. The smallest absolute Gasteiger partial charge is 0.270 e. The summed E-state index contributed by atoms with van der Waals surface area (Å²) >= 11 is 6.91. The lowest BCUT2D eigenvalue weighted by molar-refractivity contribution is -0.907. The molecule has 0 aliphatic carbocycles. The summed E-state index contributed by atoms with van der Waals surface area (Å²) in [6.45, 7) is 6.77. The molecule has 4 nitrogen and oxygen atoms in total. The number of quaternary nitrogens is 1. The summed E-state index contributed by atoms with van der Waals surface area (Å²) in [4.78, 5) is 19.2. The average Bonchev–Trinajstić information content (AvgIpc) is 2.97. The molecule has 2 aliphatic rings. The van der Waals surface area contributed by atoms with Crippen LogP contribution in [0.4, 0.5) is 5.69 Å².